The molecule has 0 aromatic heterocycles. The van der Waals surface area contributed by atoms with Crippen LogP contribution in [0.4, 0.5) is 4.79 Å². The molecule has 0 aromatic rings. The van der Waals surface area contributed by atoms with Crippen molar-refractivity contribution in [2.75, 3.05) is 26.2 Å². The van der Waals surface area contributed by atoms with Gasteiger partial charge in [0, 0.05) is 38.4 Å². The van der Waals surface area contributed by atoms with Crippen LogP contribution in [0.5, 0.6) is 0 Å². The number of rotatable bonds is 13. The van der Waals surface area contributed by atoms with Crippen molar-refractivity contribution in [1.29, 1.82) is 0 Å². The minimum Gasteiger partial charge on any atom is -0.446 e. The molecule has 3 N–H and O–H groups in total. The van der Waals surface area contributed by atoms with Gasteiger partial charge in [-0.05, 0) is 105 Å². The Kier molecular flexibility index (Phi) is 11.6. The highest BCUT2D eigenvalue weighted by molar-refractivity contribution is 5.76. The fourth-order valence-electron chi connectivity index (χ4n) is 10.6. The second-order valence-corrected chi connectivity index (χ2v) is 16.6. The highest BCUT2D eigenvalue weighted by atomic mass is 16.6. The Bertz CT molecular complexity index is 1050. The van der Waals surface area contributed by atoms with Gasteiger partial charge in [-0.2, -0.15) is 0 Å². The van der Waals surface area contributed by atoms with Crippen LogP contribution in [0.25, 0.3) is 0 Å². The minimum absolute atomic E-state index is 0.0345. The number of unbranched alkanes of at least 4 members (excludes halogenated alkanes) is 3. The largest absolute Gasteiger partial charge is 0.446 e. The van der Waals surface area contributed by atoms with Gasteiger partial charge in [0.2, 0.25) is 5.91 Å². The van der Waals surface area contributed by atoms with Crippen LogP contribution in [0.3, 0.4) is 0 Å². The van der Waals surface area contributed by atoms with Crippen LogP contribution in [0.1, 0.15) is 130 Å². The van der Waals surface area contributed by atoms with Crippen LogP contribution in [-0.4, -0.2) is 65.6 Å². The summed E-state index contributed by atoms with van der Waals surface area (Å²) in [5.74, 6) is 4.04. The summed E-state index contributed by atoms with van der Waals surface area (Å²) in [5.41, 5.74) is 2.36. The van der Waals surface area contributed by atoms with Crippen molar-refractivity contribution in [3.8, 4) is 0 Å². The molecule has 4 fully saturated rings. The van der Waals surface area contributed by atoms with Gasteiger partial charge in [0.25, 0.3) is 0 Å². The maximum Gasteiger partial charge on any atom is 0.407 e. The zero-order valence-electron chi connectivity index (χ0n) is 28.9. The normalized spacial score (nSPS) is 37.5. The van der Waals surface area contributed by atoms with Crippen LogP contribution in [0.15, 0.2) is 11.6 Å². The lowest BCUT2D eigenvalue weighted by molar-refractivity contribution is -0.130. The fraction of sp³-hybridized carbons (Fsp3) is 0.895. The molecule has 7 nitrogen and oxygen atoms in total. The Hall–Kier alpha value is -1.60. The third-order valence-electron chi connectivity index (χ3n) is 13.4. The highest BCUT2D eigenvalue weighted by Crippen LogP contribution is 2.66. The number of nitrogens with zero attached hydrogens (tertiary/aromatic N) is 1. The first kappa shape index (κ1) is 34.7. The average molecular weight is 629 g/mol. The number of hydrogen-bond acceptors (Lipinski definition) is 5. The van der Waals surface area contributed by atoms with Crippen LogP contribution >= 0.6 is 0 Å². The SMILES string of the molecule is CC(C)CCCCC1CCC2C3CC=C4CC(OC(=O)NCCCCCC(=O)N5CC(O)C(CO)C5)CCC4(C)C3CCC12C. The van der Waals surface area contributed by atoms with Gasteiger partial charge in [0.1, 0.15) is 6.10 Å². The molecule has 1 saturated heterocycles. The molecule has 9 unspecified atom stereocenters. The van der Waals surface area contributed by atoms with Crippen molar-refractivity contribution < 1.29 is 24.5 Å². The Labute approximate surface area is 273 Å². The van der Waals surface area contributed by atoms with E-state index in [-0.39, 0.29) is 36.0 Å². The summed E-state index contributed by atoms with van der Waals surface area (Å²) in [5, 5.41) is 22.1. The van der Waals surface area contributed by atoms with Gasteiger partial charge in [-0.1, -0.05) is 65.0 Å². The molecular weight excluding hydrogens is 564 g/mol. The van der Waals surface area contributed by atoms with E-state index in [0.29, 0.717) is 31.5 Å². The Morgan fingerprint density at radius 1 is 1.02 bits per heavy atom. The molecule has 3 saturated carbocycles. The number of carbonyl (C=O) groups is 2. The summed E-state index contributed by atoms with van der Waals surface area (Å²) >= 11 is 0. The first-order chi connectivity index (χ1) is 21.5. The van der Waals surface area contributed by atoms with Gasteiger partial charge in [-0.15, -0.1) is 0 Å². The third kappa shape index (κ3) is 7.77. The number of allylic oxidation sites excluding steroid dienone is 1. The van der Waals surface area contributed by atoms with E-state index in [0.717, 1.165) is 68.1 Å². The number of aliphatic hydroxyl groups excluding tert-OH is 2. The van der Waals surface area contributed by atoms with Crippen molar-refractivity contribution in [3.05, 3.63) is 11.6 Å². The molecule has 2 amide bonds. The molecule has 45 heavy (non-hydrogen) atoms. The average Bonchev–Trinajstić information content (AvgIpc) is 3.56. The van der Waals surface area contributed by atoms with Gasteiger partial charge in [0.05, 0.1) is 12.7 Å². The number of aliphatic hydroxyl groups is 2. The molecule has 9 atom stereocenters. The summed E-state index contributed by atoms with van der Waals surface area (Å²) < 4.78 is 5.93. The zero-order valence-corrected chi connectivity index (χ0v) is 28.9. The summed E-state index contributed by atoms with van der Waals surface area (Å²) in [6.07, 6.45) is 19.9. The lowest BCUT2D eigenvalue weighted by atomic mass is 9.47. The number of likely N-dealkylation sites (tertiary alicyclic amines) is 1. The summed E-state index contributed by atoms with van der Waals surface area (Å²) in [7, 11) is 0. The second kappa shape index (κ2) is 15.1. The Balaban J connectivity index is 1.02. The highest BCUT2D eigenvalue weighted by Gasteiger charge is 2.58. The van der Waals surface area contributed by atoms with Gasteiger partial charge in [-0.3, -0.25) is 4.79 Å². The quantitative estimate of drug-likeness (QED) is 0.147. The predicted octanol–water partition coefficient (Wildman–Crippen LogP) is 7.25. The van der Waals surface area contributed by atoms with Crippen molar-refractivity contribution in [1.82, 2.24) is 10.2 Å². The number of ether oxygens (including phenoxy) is 1. The lowest BCUT2D eigenvalue weighted by Crippen LogP contribution is -2.50. The smallest absolute Gasteiger partial charge is 0.407 e. The molecule has 0 aromatic carbocycles. The van der Waals surface area contributed by atoms with Crippen LogP contribution < -0.4 is 5.32 Å². The van der Waals surface area contributed by atoms with Crippen molar-refractivity contribution in [2.24, 2.45) is 46.3 Å². The summed E-state index contributed by atoms with van der Waals surface area (Å²) in [6.45, 7) is 11.1. The maximum atomic E-state index is 12.6. The van der Waals surface area contributed by atoms with Gasteiger partial charge >= 0.3 is 6.09 Å². The van der Waals surface area contributed by atoms with Crippen LogP contribution in [0, 0.1) is 46.3 Å². The number of hydrogen-bond donors (Lipinski definition) is 3. The topological polar surface area (TPSA) is 99.1 Å². The van der Waals surface area contributed by atoms with E-state index in [2.05, 4.69) is 39.1 Å². The van der Waals surface area contributed by atoms with E-state index >= 15 is 0 Å². The van der Waals surface area contributed by atoms with Crippen LogP contribution in [-0.2, 0) is 9.53 Å². The van der Waals surface area contributed by atoms with Crippen molar-refractivity contribution in [2.45, 2.75) is 143 Å². The van der Waals surface area contributed by atoms with Gasteiger partial charge in [-0.25, -0.2) is 4.79 Å². The lowest BCUT2D eigenvalue weighted by Gasteiger charge is -2.58. The van der Waals surface area contributed by atoms with Crippen molar-refractivity contribution >= 4 is 12.0 Å². The zero-order chi connectivity index (χ0) is 32.2. The van der Waals surface area contributed by atoms with E-state index in [1.165, 1.54) is 57.8 Å². The maximum absolute atomic E-state index is 12.6. The molecule has 0 radical (unpaired) electrons. The first-order valence-corrected chi connectivity index (χ1v) is 18.8. The third-order valence-corrected chi connectivity index (χ3v) is 13.4. The number of alkyl carbamates (subject to hydrolysis) is 1. The van der Waals surface area contributed by atoms with E-state index in [1.807, 2.05) is 0 Å². The molecule has 7 heteroatoms. The number of fused-ring (bicyclic) bond motifs is 5. The molecular formula is C38H64N2O5. The summed E-state index contributed by atoms with van der Waals surface area (Å²) in [6, 6.07) is 0. The number of amides is 2. The van der Waals surface area contributed by atoms with E-state index in [9.17, 15) is 19.8 Å². The molecule has 256 valence electrons. The van der Waals surface area contributed by atoms with E-state index < -0.39 is 6.10 Å². The molecule has 4 aliphatic carbocycles. The monoisotopic (exact) mass is 628 g/mol. The number of nitrogens with one attached hydrogen (secondary N) is 1. The fourth-order valence-corrected chi connectivity index (χ4v) is 10.6. The van der Waals surface area contributed by atoms with E-state index in [1.54, 1.807) is 10.5 Å². The van der Waals surface area contributed by atoms with E-state index in [4.69, 9.17) is 4.74 Å². The molecule has 5 rings (SSSR count). The number of β-amino-alcohol motifs (C(OH)–C–C–N with tert-alkyl or cyclic N) is 1. The second-order valence-electron chi connectivity index (χ2n) is 16.6. The molecule has 0 bridgehead atoms. The predicted molar refractivity (Wildman–Crippen MR) is 178 cm³/mol. The van der Waals surface area contributed by atoms with Crippen LogP contribution in [0.2, 0.25) is 0 Å². The van der Waals surface area contributed by atoms with Gasteiger partial charge in [0.15, 0.2) is 0 Å². The minimum atomic E-state index is -0.629. The van der Waals surface area contributed by atoms with Crippen molar-refractivity contribution in [3.63, 3.8) is 0 Å². The summed E-state index contributed by atoms with van der Waals surface area (Å²) in [4.78, 5) is 26.7. The Morgan fingerprint density at radius 2 is 1.84 bits per heavy atom. The Morgan fingerprint density at radius 3 is 2.60 bits per heavy atom. The molecule has 0 spiro atoms. The number of carbonyl (C=O) groups excluding carboxylic acids is 2. The van der Waals surface area contributed by atoms with Gasteiger partial charge < -0.3 is 25.2 Å². The molecule has 5 aliphatic rings. The first-order valence-electron chi connectivity index (χ1n) is 18.8. The standard InChI is InChI=1S/C38H64N2O5/c1-26(2)10-7-8-11-28-14-16-32-31-15-13-29-22-30(17-19-38(29,4)33(31)18-20-37(28,32)3)45-36(44)39-21-9-5-6-12-35(43)40-23-27(25-41)34(42)24-40/h13,26-28,30-34,41-42H,5-12,14-25H2,1-4H3,(H,39,44). The molecule has 1 aliphatic heterocycles. The molecule has 1 heterocycles.